The molecule has 0 aliphatic heterocycles. The predicted molar refractivity (Wildman–Crippen MR) is 94.9 cm³/mol. The second kappa shape index (κ2) is 5.93. The Morgan fingerprint density at radius 3 is 2.00 bits per heavy atom. The Labute approximate surface area is 135 Å². The molecule has 2 nitrogen and oxygen atoms in total. The topological polar surface area (TPSA) is 28.7 Å². The van der Waals surface area contributed by atoms with Crippen molar-refractivity contribution >= 4 is 0 Å². The van der Waals surface area contributed by atoms with Gasteiger partial charge in [-0.25, -0.2) is 0 Å². The molecule has 23 heavy (non-hydrogen) atoms. The minimum Gasteiger partial charge on any atom is -0.360 e. The van der Waals surface area contributed by atoms with E-state index in [9.17, 15) is 0 Å². The van der Waals surface area contributed by atoms with Gasteiger partial charge in [0.05, 0.1) is 11.4 Å². The number of hydrogen-bond acceptors (Lipinski definition) is 1. The van der Waals surface area contributed by atoms with Crippen LogP contribution in [-0.2, 0) is 0 Å². The van der Waals surface area contributed by atoms with E-state index in [4.69, 9.17) is 0 Å². The maximum absolute atomic E-state index is 4.44. The van der Waals surface area contributed by atoms with Gasteiger partial charge in [0, 0.05) is 12.4 Å². The second-order valence-electron chi connectivity index (χ2n) is 5.46. The van der Waals surface area contributed by atoms with Crippen molar-refractivity contribution in [1.29, 1.82) is 0 Å². The summed E-state index contributed by atoms with van der Waals surface area (Å²) in [7, 11) is 0. The number of H-pyrrole nitrogens is 1. The van der Waals surface area contributed by atoms with E-state index in [1.807, 2.05) is 36.7 Å². The maximum atomic E-state index is 4.44. The summed E-state index contributed by atoms with van der Waals surface area (Å²) < 4.78 is 0. The fourth-order valence-electron chi connectivity index (χ4n) is 2.73. The highest BCUT2D eigenvalue weighted by Gasteiger charge is 2.04. The van der Waals surface area contributed by atoms with Gasteiger partial charge in [0.15, 0.2) is 0 Å². The van der Waals surface area contributed by atoms with Crippen molar-refractivity contribution in [1.82, 2.24) is 9.97 Å². The molecule has 0 bridgehead atoms. The largest absolute Gasteiger partial charge is 0.360 e. The summed E-state index contributed by atoms with van der Waals surface area (Å²) in [6, 6.07) is 27.3. The SMILES string of the molecule is c1ccc(-c2ccc(-c3ccnc(-c4ccc[nH]4)c3)cc2)cc1. The summed E-state index contributed by atoms with van der Waals surface area (Å²) in [5, 5.41) is 0. The first-order valence-corrected chi connectivity index (χ1v) is 7.66. The van der Waals surface area contributed by atoms with Gasteiger partial charge in [0.25, 0.3) is 0 Å². The van der Waals surface area contributed by atoms with Crippen molar-refractivity contribution in [2.24, 2.45) is 0 Å². The van der Waals surface area contributed by atoms with E-state index in [2.05, 4.69) is 64.6 Å². The van der Waals surface area contributed by atoms with E-state index in [0.29, 0.717) is 0 Å². The van der Waals surface area contributed by atoms with Crippen LogP contribution in [0.15, 0.2) is 91.3 Å². The van der Waals surface area contributed by atoms with Crippen molar-refractivity contribution < 1.29 is 0 Å². The molecular weight excluding hydrogens is 280 g/mol. The second-order valence-corrected chi connectivity index (χ2v) is 5.46. The highest BCUT2D eigenvalue weighted by molar-refractivity contribution is 5.72. The molecule has 110 valence electrons. The van der Waals surface area contributed by atoms with E-state index in [0.717, 1.165) is 11.4 Å². The zero-order valence-corrected chi connectivity index (χ0v) is 12.6. The Morgan fingerprint density at radius 2 is 1.30 bits per heavy atom. The average molecular weight is 296 g/mol. The number of aromatic nitrogens is 2. The Morgan fingerprint density at radius 1 is 0.609 bits per heavy atom. The molecule has 0 saturated heterocycles. The van der Waals surface area contributed by atoms with Crippen LogP contribution in [0.3, 0.4) is 0 Å². The van der Waals surface area contributed by atoms with Crippen LogP contribution < -0.4 is 0 Å². The van der Waals surface area contributed by atoms with E-state index < -0.39 is 0 Å². The van der Waals surface area contributed by atoms with Gasteiger partial charge in [-0.15, -0.1) is 0 Å². The van der Waals surface area contributed by atoms with Crippen LogP contribution in [0.25, 0.3) is 33.6 Å². The number of aromatic amines is 1. The molecule has 4 rings (SSSR count). The lowest BCUT2D eigenvalue weighted by molar-refractivity contribution is 1.28. The number of hydrogen-bond donors (Lipinski definition) is 1. The Balaban J connectivity index is 1.68. The molecule has 4 aromatic rings. The lowest BCUT2D eigenvalue weighted by Crippen LogP contribution is -1.85. The van der Waals surface area contributed by atoms with Crippen LogP contribution in [0.1, 0.15) is 0 Å². The normalized spacial score (nSPS) is 10.6. The Hall–Kier alpha value is -3.13. The molecule has 0 atom stereocenters. The van der Waals surface area contributed by atoms with Crippen LogP contribution in [0.2, 0.25) is 0 Å². The first-order valence-electron chi connectivity index (χ1n) is 7.66. The number of nitrogens with one attached hydrogen (secondary N) is 1. The fraction of sp³-hybridized carbons (Fsp3) is 0. The number of nitrogens with zero attached hydrogens (tertiary/aromatic N) is 1. The molecule has 0 spiro atoms. The van der Waals surface area contributed by atoms with Crippen molar-refractivity contribution in [2.75, 3.05) is 0 Å². The van der Waals surface area contributed by atoms with Gasteiger partial charge in [0.1, 0.15) is 0 Å². The van der Waals surface area contributed by atoms with Crippen LogP contribution in [0.4, 0.5) is 0 Å². The van der Waals surface area contributed by atoms with Crippen molar-refractivity contribution in [3.05, 3.63) is 91.3 Å². The Bertz CT molecular complexity index is 892. The highest BCUT2D eigenvalue weighted by Crippen LogP contribution is 2.26. The van der Waals surface area contributed by atoms with Crippen molar-refractivity contribution in [2.45, 2.75) is 0 Å². The lowest BCUT2D eigenvalue weighted by atomic mass is 10.0. The maximum Gasteiger partial charge on any atom is 0.0870 e. The summed E-state index contributed by atoms with van der Waals surface area (Å²) in [5.41, 5.74) is 6.82. The summed E-state index contributed by atoms with van der Waals surface area (Å²) >= 11 is 0. The third-order valence-electron chi connectivity index (χ3n) is 3.96. The highest BCUT2D eigenvalue weighted by atomic mass is 14.8. The predicted octanol–water partition coefficient (Wildman–Crippen LogP) is 5.41. The van der Waals surface area contributed by atoms with E-state index in [1.54, 1.807) is 0 Å². The Kier molecular flexibility index (Phi) is 3.49. The van der Waals surface area contributed by atoms with Gasteiger partial charge < -0.3 is 4.98 Å². The third-order valence-corrected chi connectivity index (χ3v) is 3.96. The van der Waals surface area contributed by atoms with Crippen LogP contribution in [0.5, 0.6) is 0 Å². The standard InChI is InChI=1S/C21H16N2/c1-2-5-16(6-3-1)17-8-10-18(11-9-17)19-12-14-23-21(15-19)20-7-4-13-22-20/h1-15,22H. The lowest BCUT2D eigenvalue weighted by Gasteiger charge is -2.06. The molecule has 1 N–H and O–H groups in total. The quantitative estimate of drug-likeness (QED) is 0.538. The zero-order valence-electron chi connectivity index (χ0n) is 12.6. The molecule has 2 heterocycles. The fourth-order valence-corrected chi connectivity index (χ4v) is 2.73. The van der Waals surface area contributed by atoms with E-state index in [1.165, 1.54) is 22.3 Å². The molecule has 0 unspecified atom stereocenters. The summed E-state index contributed by atoms with van der Waals surface area (Å²) in [6.45, 7) is 0. The molecule has 2 heteroatoms. The molecule has 0 fully saturated rings. The van der Waals surface area contributed by atoms with E-state index >= 15 is 0 Å². The van der Waals surface area contributed by atoms with Gasteiger partial charge >= 0.3 is 0 Å². The smallest absolute Gasteiger partial charge is 0.0870 e. The van der Waals surface area contributed by atoms with E-state index in [-0.39, 0.29) is 0 Å². The van der Waals surface area contributed by atoms with Gasteiger partial charge in [-0.05, 0) is 46.5 Å². The van der Waals surface area contributed by atoms with Gasteiger partial charge in [-0.3, -0.25) is 4.98 Å². The van der Waals surface area contributed by atoms with Crippen LogP contribution in [0, 0.1) is 0 Å². The zero-order chi connectivity index (χ0) is 15.5. The number of benzene rings is 2. The molecule has 0 saturated carbocycles. The first-order chi connectivity index (χ1) is 11.4. The molecule has 0 aliphatic carbocycles. The summed E-state index contributed by atoms with van der Waals surface area (Å²) in [6.07, 6.45) is 3.77. The molecule has 0 aliphatic rings. The average Bonchev–Trinajstić information content (AvgIpc) is 3.18. The minimum atomic E-state index is 0.958. The monoisotopic (exact) mass is 296 g/mol. The van der Waals surface area contributed by atoms with Crippen LogP contribution in [-0.4, -0.2) is 9.97 Å². The molecule has 0 radical (unpaired) electrons. The van der Waals surface area contributed by atoms with Crippen molar-refractivity contribution in [3.63, 3.8) is 0 Å². The van der Waals surface area contributed by atoms with Crippen molar-refractivity contribution in [3.8, 4) is 33.6 Å². The van der Waals surface area contributed by atoms with Gasteiger partial charge in [0.2, 0.25) is 0 Å². The number of pyridine rings is 1. The molecule has 0 amide bonds. The first kappa shape index (κ1) is 13.5. The molecular formula is C21H16N2. The minimum absolute atomic E-state index is 0.958. The number of rotatable bonds is 3. The van der Waals surface area contributed by atoms with Crippen LogP contribution >= 0.6 is 0 Å². The van der Waals surface area contributed by atoms with Gasteiger partial charge in [-0.2, -0.15) is 0 Å². The molecule has 2 aromatic carbocycles. The summed E-state index contributed by atoms with van der Waals surface area (Å²) in [5.74, 6) is 0. The van der Waals surface area contributed by atoms with Gasteiger partial charge in [-0.1, -0.05) is 54.6 Å². The summed E-state index contributed by atoms with van der Waals surface area (Å²) in [4.78, 5) is 7.64. The molecule has 2 aromatic heterocycles. The third kappa shape index (κ3) is 2.79.